The summed E-state index contributed by atoms with van der Waals surface area (Å²) < 4.78 is 28.7. The summed E-state index contributed by atoms with van der Waals surface area (Å²) in [5.74, 6) is 0.530. The molecule has 0 radical (unpaired) electrons. The van der Waals surface area contributed by atoms with Gasteiger partial charge in [-0.2, -0.15) is 13.1 Å². The van der Waals surface area contributed by atoms with Gasteiger partial charge in [0.2, 0.25) is 5.95 Å². The summed E-state index contributed by atoms with van der Waals surface area (Å²) in [7, 11) is -3.69. The first kappa shape index (κ1) is 20.5. The third-order valence-corrected chi connectivity index (χ3v) is 7.83. The summed E-state index contributed by atoms with van der Waals surface area (Å²) >= 11 is 0. The van der Waals surface area contributed by atoms with Crippen LogP contribution in [0.2, 0.25) is 0 Å². The molecule has 1 saturated carbocycles. The van der Waals surface area contributed by atoms with Crippen LogP contribution in [0.25, 0.3) is 0 Å². The lowest BCUT2D eigenvalue weighted by atomic mass is 9.82. The lowest BCUT2D eigenvalue weighted by molar-refractivity contribution is -0.131. The normalized spacial score (nSPS) is 24.3. The number of nitrogens with one attached hydrogen (secondary N) is 1. The molecule has 2 aliphatic heterocycles. The molecule has 1 aromatic heterocycles. The predicted molar refractivity (Wildman–Crippen MR) is 110 cm³/mol. The SMILES string of the molecule is O=C1N(CCCCN2CCN(c3ncccn3)CC2)S(=O)(=O)NC12CCCCC2. The van der Waals surface area contributed by atoms with Crippen molar-refractivity contribution in [3.05, 3.63) is 18.5 Å². The van der Waals surface area contributed by atoms with Crippen LogP contribution in [0.1, 0.15) is 44.9 Å². The van der Waals surface area contributed by atoms with Crippen LogP contribution in [0.4, 0.5) is 5.95 Å². The number of aromatic nitrogens is 2. The van der Waals surface area contributed by atoms with Gasteiger partial charge in [0.1, 0.15) is 5.54 Å². The molecule has 10 heteroatoms. The average molecular weight is 423 g/mol. The van der Waals surface area contributed by atoms with Gasteiger partial charge >= 0.3 is 10.2 Å². The highest BCUT2D eigenvalue weighted by molar-refractivity contribution is 7.88. The van der Waals surface area contributed by atoms with Crippen LogP contribution >= 0.6 is 0 Å². The lowest BCUT2D eigenvalue weighted by Crippen LogP contribution is -2.48. The number of carbonyl (C=O) groups is 1. The maximum absolute atomic E-state index is 12.8. The lowest BCUT2D eigenvalue weighted by Gasteiger charge is -2.34. The molecule has 1 amide bonds. The van der Waals surface area contributed by atoms with Crippen molar-refractivity contribution in [3.8, 4) is 0 Å². The summed E-state index contributed by atoms with van der Waals surface area (Å²) in [6, 6.07) is 1.82. The Kier molecular flexibility index (Phi) is 6.03. The van der Waals surface area contributed by atoms with E-state index < -0.39 is 15.7 Å². The molecule has 3 heterocycles. The van der Waals surface area contributed by atoms with Crippen LogP contribution in [0.15, 0.2) is 18.5 Å². The number of unbranched alkanes of at least 4 members (excludes halogenated alkanes) is 1. The van der Waals surface area contributed by atoms with Gasteiger partial charge in [0, 0.05) is 45.1 Å². The highest BCUT2D eigenvalue weighted by Gasteiger charge is 2.54. The van der Waals surface area contributed by atoms with E-state index >= 15 is 0 Å². The van der Waals surface area contributed by atoms with E-state index in [-0.39, 0.29) is 12.5 Å². The minimum absolute atomic E-state index is 0.242. The van der Waals surface area contributed by atoms with Crippen molar-refractivity contribution in [1.29, 1.82) is 0 Å². The summed E-state index contributed by atoms with van der Waals surface area (Å²) in [4.78, 5) is 26.0. The molecule has 9 nitrogen and oxygen atoms in total. The molecule has 0 bridgehead atoms. The van der Waals surface area contributed by atoms with E-state index in [0.29, 0.717) is 19.3 Å². The zero-order valence-electron chi connectivity index (χ0n) is 16.8. The van der Waals surface area contributed by atoms with Gasteiger partial charge in [-0.05, 0) is 38.3 Å². The molecule has 0 atom stereocenters. The largest absolute Gasteiger partial charge is 0.338 e. The highest BCUT2D eigenvalue weighted by atomic mass is 32.2. The van der Waals surface area contributed by atoms with Gasteiger partial charge in [-0.3, -0.25) is 9.69 Å². The Morgan fingerprint density at radius 3 is 2.31 bits per heavy atom. The summed E-state index contributed by atoms with van der Waals surface area (Å²) in [6.45, 7) is 4.82. The van der Waals surface area contributed by atoms with Crippen LogP contribution in [0.5, 0.6) is 0 Å². The molecule has 1 N–H and O–H groups in total. The van der Waals surface area contributed by atoms with Crippen molar-refractivity contribution in [3.63, 3.8) is 0 Å². The van der Waals surface area contributed by atoms with Gasteiger partial charge in [0.15, 0.2) is 0 Å². The molecule has 2 saturated heterocycles. The standard InChI is InChI=1S/C19H30N6O3S/c26-17-19(7-2-1-3-8-19)22-29(27,28)25(17)12-5-4-11-23-13-15-24(16-14-23)18-20-9-6-10-21-18/h6,9-10,22H,1-5,7-8,11-16H2. The van der Waals surface area contributed by atoms with E-state index in [2.05, 4.69) is 24.5 Å². The van der Waals surface area contributed by atoms with Crippen LogP contribution < -0.4 is 9.62 Å². The molecule has 160 valence electrons. The molecule has 3 fully saturated rings. The van der Waals surface area contributed by atoms with E-state index in [0.717, 1.165) is 68.7 Å². The Morgan fingerprint density at radius 2 is 1.62 bits per heavy atom. The predicted octanol–water partition coefficient (Wildman–Crippen LogP) is 0.758. The maximum atomic E-state index is 12.8. The van der Waals surface area contributed by atoms with Crippen LogP contribution in [-0.2, 0) is 15.0 Å². The smallest absolute Gasteiger partial charge is 0.304 e. The van der Waals surface area contributed by atoms with Gasteiger partial charge in [0.05, 0.1) is 0 Å². The molecule has 4 rings (SSSR count). The van der Waals surface area contributed by atoms with Gasteiger partial charge < -0.3 is 4.90 Å². The molecule has 1 spiro atoms. The molecular weight excluding hydrogens is 392 g/mol. The zero-order valence-corrected chi connectivity index (χ0v) is 17.6. The Morgan fingerprint density at radius 1 is 0.966 bits per heavy atom. The number of piperazine rings is 1. The van der Waals surface area contributed by atoms with Gasteiger partial charge in [-0.25, -0.2) is 14.3 Å². The van der Waals surface area contributed by atoms with E-state index in [1.165, 1.54) is 0 Å². The van der Waals surface area contributed by atoms with E-state index in [4.69, 9.17) is 0 Å². The summed E-state index contributed by atoms with van der Waals surface area (Å²) in [5.41, 5.74) is -0.868. The van der Waals surface area contributed by atoms with Crippen molar-refractivity contribution in [2.45, 2.75) is 50.5 Å². The number of carbonyl (C=O) groups excluding carboxylic acids is 1. The number of anilines is 1. The molecule has 1 aromatic rings. The Labute approximate surface area is 172 Å². The molecule has 1 aliphatic carbocycles. The minimum Gasteiger partial charge on any atom is -0.338 e. The monoisotopic (exact) mass is 422 g/mol. The van der Waals surface area contributed by atoms with Crippen LogP contribution in [0.3, 0.4) is 0 Å². The minimum atomic E-state index is -3.69. The summed E-state index contributed by atoms with van der Waals surface area (Å²) in [5, 5.41) is 0. The average Bonchev–Trinajstić information content (AvgIpc) is 2.92. The zero-order chi connectivity index (χ0) is 20.3. The number of nitrogens with zero attached hydrogens (tertiary/aromatic N) is 5. The van der Waals surface area contributed by atoms with E-state index in [1.54, 1.807) is 12.4 Å². The van der Waals surface area contributed by atoms with Gasteiger partial charge in [0.25, 0.3) is 5.91 Å². The van der Waals surface area contributed by atoms with Crippen molar-refractivity contribution >= 4 is 22.1 Å². The van der Waals surface area contributed by atoms with Crippen molar-refractivity contribution in [2.24, 2.45) is 0 Å². The number of rotatable bonds is 6. The topological polar surface area (TPSA) is 98.7 Å². The van der Waals surface area contributed by atoms with Crippen LogP contribution in [-0.4, -0.2) is 78.3 Å². The number of hydrogen-bond acceptors (Lipinski definition) is 7. The second kappa shape index (κ2) is 8.53. The molecule has 0 aromatic carbocycles. The first-order chi connectivity index (χ1) is 14.0. The second-order valence-corrected chi connectivity index (χ2v) is 9.81. The van der Waals surface area contributed by atoms with Crippen molar-refractivity contribution in [2.75, 3.05) is 44.2 Å². The van der Waals surface area contributed by atoms with Gasteiger partial charge in [-0.15, -0.1) is 0 Å². The fourth-order valence-corrected chi connectivity index (χ4v) is 6.26. The maximum Gasteiger partial charge on any atom is 0.304 e. The van der Waals surface area contributed by atoms with E-state index in [9.17, 15) is 13.2 Å². The fraction of sp³-hybridized carbons (Fsp3) is 0.737. The van der Waals surface area contributed by atoms with E-state index in [1.807, 2.05) is 6.07 Å². The number of hydrogen-bond donors (Lipinski definition) is 1. The first-order valence-corrected chi connectivity index (χ1v) is 12.0. The summed E-state index contributed by atoms with van der Waals surface area (Å²) in [6.07, 6.45) is 9.20. The van der Waals surface area contributed by atoms with Crippen molar-refractivity contribution < 1.29 is 13.2 Å². The molecule has 29 heavy (non-hydrogen) atoms. The molecule has 0 unspecified atom stereocenters. The first-order valence-electron chi connectivity index (χ1n) is 10.6. The highest BCUT2D eigenvalue weighted by Crippen LogP contribution is 2.35. The quantitative estimate of drug-likeness (QED) is 0.676. The third-order valence-electron chi connectivity index (χ3n) is 6.25. The number of amides is 1. The van der Waals surface area contributed by atoms with Crippen molar-refractivity contribution in [1.82, 2.24) is 23.9 Å². The van der Waals surface area contributed by atoms with Gasteiger partial charge in [-0.1, -0.05) is 19.3 Å². The van der Waals surface area contributed by atoms with Crippen LogP contribution in [0, 0.1) is 0 Å². The fourth-order valence-electron chi connectivity index (χ4n) is 4.60. The third kappa shape index (κ3) is 4.39. The Hall–Kier alpha value is -1.78. The Balaban J connectivity index is 1.21. The second-order valence-electron chi connectivity index (χ2n) is 8.21. The molecular formula is C19H30N6O3S. The Bertz CT molecular complexity index is 804. The molecule has 3 aliphatic rings.